The lowest BCUT2D eigenvalue weighted by molar-refractivity contribution is -0.139. The van der Waals surface area contributed by atoms with Gasteiger partial charge in [-0.05, 0) is 23.6 Å². The van der Waals surface area contributed by atoms with Crippen molar-refractivity contribution in [3.63, 3.8) is 0 Å². The fourth-order valence-electron chi connectivity index (χ4n) is 2.86. The van der Waals surface area contributed by atoms with Gasteiger partial charge < -0.3 is 10.4 Å². The Morgan fingerprint density at radius 1 is 1.00 bits per heavy atom. The van der Waals surface area contributed by atoms with Gasteiger partial charge in [-0.15, -0.1) is 0 Å². The summed E-state index contributed by atoms with van der Waals surface area (Å²) in [6.45, 7) is 1.55. The second kappa shape index (κ2) is 8.70. The largest absolute Gasteiger partial charge is 0.481 e. The van der Waals surface area contributed by atoms with E-state index in [0.717, 1.165) is 12.1 Å². The molecule has 0 spiro atoms. The lowest BCUT2D eigenvalue weighted by Gasteiger charge is -2.19. The van der Waals surface area contributed by atoms with E-state index >= 15 is 0 Å². The molecule has 0 radical (unpaired) electrons. The first-order chi connectivity index (χ1) is 12.7. The molecule has 0 fully saturated rings. The lowest BCUT2D eigenvalue weighted by atomic mass is 9.93. The van der Waals surface area contributed by atoms with Gasteiger partial charge in [-0.1, -0.05) is 55.5 Å². The second-order valence-electron chi connectivity index (χ2n) is 6.13. The number of hydrogen-bond donors (Lipinski definition) is 2. The van der Waals surface area contributed by atoms with Crippen molar-refractivity contribution in [3.05, 3.63) is 71.3 Å². The number of nitrogens with one attached hydrogen (secondary N) is 1. The zero-order valence-corrected chi connectivity index (χ0v) is 14.7. The van der Waals surface area contributed by atoms with Crippen LogP contribution in [0.4, 0.5) is 13.2 Å². The van der Waals surface area contributed by atoms with E-state index in [-0.39, 0.29) is 18.5 Å². The molecule has 2 atom stereocenters. The lowest BCUT2D eigenvalue weighted by Crippen LogP contribution is -2.35. The average Bonchev–Trinajstić information content (AvgIpc) is 2.63. The van der Waals surface area contributed by atoms with E-state index in [2.05, 4.69) is 5.32 Å². The first-order valence-corrected chi connectivity index (χ1v) is 8.46. The molecule has 0 aliphatic heterocycles. The van der Waals surface area contributed by atoms with Gasteiger partial charge in [0.2, 0.25) is 5.91 Å². The SMILES string of the molecule is CCC(C(=O)NCC(C(=O)O)c1ccccc1)c1cccc(C(F)(F)F)c1. The number of amides is 1. The third-order valence-corrected chi connectivity index (χ3v) is 4.32. The maximum absolute atomic E-state index is 12.9. The Balaban J connectivity index is 2.14. The Kier molecular flexibility index (Phi) is 6.60. The van der Waals surface area contributed by atoms with Crippen LogP contribution < -0.4 is 5.32 Å². The minimum atomic E-state index is -4.49. The van der Waals surface area contributed by atoms with Crippen LogP contribution in [0.15, 0.2) is 54.6 Å². The van der Waals surface area contributed by atoms with Gasteiger partial charge in [-0.3, -0.25) is 9.59 Å². The third kappa shape index (κ3) is 5.32. The minimum absolute atomic E-state index is 0.145. The summed E-state index contributed by atoms with van der Waals surface area (Å²) in [6, 6.07) is 13.1. The van der Waals surface area contributed by atoms with Crippen molar-refractivity contribution < 1.29 is 27.9 Å². The summed E-state index contributed by atoms with van der Waals surface area (Å²) < 4.78 is 38.7. The summed E-state index contributed by atoms with van der Waals surface area (Å²) in [7, 11) is 0. The molecule has 27 heavy (non-hydrogen) atoms. The summed E-state index contributed by atoms with van der Waals surface area (Å²) in [6.07, 6.45) is -4.21. The number of halogens is 3. The molecule has 7 heteroatoms. The number of carboxylic acid groups (broad SMARTS) is 1. The Hall–Kier alpha value is -2.83. The van der Waals surface area contributed by atoms with E-state index in [1.54, 1.807) is 37.3 Å². The average molecular weight is 379 g/mol. The van der Waals surface area contributed by atoms with Crippen molar-refractivity contribution in [1.82, 2.24) is 5.32 Å². The summed E-state index contributed by atoms with van der Waals surface area (Å²) >= 11 is 0. The molecule has 2 aromatic carbocycles. The summed E-state index contributed by atoms with van der Waals surface area (Å²) in [5.41, 5.74) is -0.0345. The molecule has 0 aromatic heterocycles. The van der Waals surface area contributed by atoms with Crippen LogP contribution in [0, 0.1) is 0 Å². The molecule has 4 nitrogen and oxygen atoms in total. The fraction of sp³-hybridized carbons (Fsp3) is 0.300. The number of aliphatic carboxylic acids is 1. The quantitative estimate of drug-likeness (QED) is 0.758. The van der Waals surface area contributed by atoms with Crippen LogP contribution in [0.5, 0.6) is 0 Å². The summed E-state index contributed by atoms with van der Waals surface area (Å²) in [5.74, 6) is -3.32. The van der Waals surface area contributed by atoms with E-state index in [1.165, 1.54) is 12.1 Å². The van der Waals surface area contributed by atoms with Crippen LogP contribution in [0.2, 0.25) is 0 Å². The Morgan fingerprint density at radius 2 is 1.63 bits per heavy atom. The molecule has 144 valence electrons. The van der Waals surface area contributed by atoms with E-state index in [4.69, 9.17) is 0 Å². The van der Waals surface area contributed by atoms with Gasteiger partial charge in [0.25, 0.3) is 0 Å². The molecule has 0 saturated heterocycles. The third-order valence-electron chi connectivity index (χ3n) is 4.32. The van der Waals surface area contributed by atoms with Crippen molar-refractivity contribution >= 4 is 11.9 Å². The van der Waals surface area contributed by atoms with E-state index in [1.807, 2.05) is 0 Å². The monoisotopic (exact) mass is 379 g/mol. The van der Waals surface area contributed by atoms with Gasteiger partial charge in [0.15, 0.2) is 0 Å². The first kappa shape index (κ1) is 20.5. The van der Waals surface area contributed by atoms with Crippen molar-refractivity contribution in [2.45, 2.75) is 31.4 Å². The second-order valence-corrected chi connectivity index (χ2v) is 6.13. The normalized spacial score (nSPS) is 13.6. The van der Waals surface area contributed by atoms with E-state index in [0.29, 0.717) is 5.56 Å². The highest BCUT2D eigenvalue weighted by atomic mass is 19.4. The topological polar surface area (TPSA) is 66.4 Å². The molecule has 0 aliphatic rings. The maximum atomic E-state index is 12.9. The molecular formula is C20H20F3NO3. The van der Waals surface area contributed by atoms with Crippen LogP contribution in [0.1, 0.15) is 41.9 Å². The number of carboxylic acids is 1. The van der Waals surface area contributed by atoms with Gasteiger partial charge in [0.1, 0.15) is 0 Å². The number of rotatable bonds is 7. The predicted octanol–water partition coefficient (Wildman–Crippen LogP) is 4.18. The molecule has 1 amide bonds. The van der Waals surface area contributed by atoms with E-state index in [9.17, 15) is 27.9 Å². The standard InChI is InChI=1S/C20H20F3NO3/c1-2-16(14-9-6-10-15(11-14)20(21,22)23)18(25)24-12-17(19(26)27)13-7-4-3-5-8-13/h3-11,16-17H,2,12H2,1H3,(H,24,25)(H,26,27). The highest BCUT2D eigenvalue weighted by molar-refractivity contribution is 5.85. The van der Waals surface area contributed by atoms with Gasteiger partial charge in [0.05, 0.1) is 17.4 Å². The van der Waals surface area contributed by atoms with Crippen LogP contribution in [-0.2, 0) is 15.8 Å². The first-order valence-electron chi connectivity index (χ1n) is 8.46. The molecule has 0 heterocycles. The minimum Gasteiger partial charge on any atom is -0.481 e. The van der Waals surface area contributed by atoms with Crippen molar-refractivity contribution in [2.75, 3.05) is 6.54 Å². The van der Waals surface area contributed by atoms with Gasteiger partial charge in [0, 0.05) is 6.54 Å². The van der Waals surface area contributed by atoms with Crippen LogP contribution in [-0.4, -0.2) is 23.5 Å². The predicted molar refractivity (Wildman–Crippen MR) is 94.3 cm³/mol. The van der Waals surface area contributed by atoms with Gasteiger partial charge in [-0.25, -0.2) is 0 Å². The van der Waals surface area contributed by atoms with Crippen LogP contribution >= 0.6 is 0 Å². The molecule has 2 rings (SSSR count). The van der Waals surface area contributed by atoms with Crippen molar-refractivity contribution in [2.24, 2.45) is 0 Å². The summed E-state index contributed by atoms with van der Waals surface area (Å²) in [4.78, 5) is 24.0. The molecule has 2 N–H and O–H groups in total. The van der Waals surface area contributed by atoms with Crippen molar-refractivity contribution in [1.29, 1.82) is 0 Å². The van der Waals surface area contributed by atoms with E-state index < -0.39 is 35.5 Å². The smallest absolute Gasteiger partial charge is 0.416 e. The number of benzene rings is 2. The number of alkyl halides is 3. The van der Waals surface area contributed by atoms with Gasteiger partial charge >= 0.3 is 12.1 Å². The Bertz CT molecular complexity index is 791. The number of carbonyl (C=O) groups excluding carboxylic acids is 1. The highest BCUT2D eigenvalue weighted by Gasteiger charge is 2.31. The molecule has 2 unspecified atom stereocenters. The Morgan fingerprint density at radius 3 is 2.19 bits per heavy atom. The number of hydrogen-bond acceptors (Lipinski definition) is 2. The molecule has 0 saturated carbocycles. The van der Waals surface area contributed by atoms with Crippen LogP contribution in [0.3, 0.4) is 0 Å². The zero-order valence-electron chi connectivity index (χ0n) is 14.7. The Labute approximate surface area is 155 Å². The van der Waals surface area contributed by atoms with Crippen LogP contribution in [0.25, 0.3) is 0 Å². The molecule has 2 aromatic rings. The molecular weight excluding hydrogens is 359 g/mol. The highest BCUT2D eigenvalue weighted by Crippen LogP contribution is 2.32. The zero-order chi connectivity index (χ0) is 20.0. The molecule has 0 bridgehead atoms. The fourth-order valence-corrected chi connectivity index (χ4v) is 2.86. The molecule has 0 aliphatic carbocycles. The maximum Gasteiger partial charge on any atom is 0.416 e. The van der Waals surface area contributed by atoms with Crippen molar-refractivity contribution in [3.8, 4) is 0 Å². The number of carbonyl (C=O) groups is 2. The van der Waals surface area contributed by atoms with Gasteiger partial charge in [-0.2, -0.15) is 13.2 Å². The summed E-state index contributed by atoms with van der Waals surface area (Å²) in [5, 5.41) is 12.0.